The first-order valence-corrected chi connectivity index (χ1v) is 7.11. The van der Waals surface area contributed by atoms with Crippen LogP contribution in [0.1, 0.15) is 51.9 Å². The lowest BCUT2D eigenvalue weighted by atomic mass is 9.75. The van der Waals surface area contributed by atoms with E-state index in [9.17, 15) is 0 Å². The zero-order chi connectivity index (χ0) is 12.1. The molecule has 0 aromatic rings. The normalized spacial score (nSPS) is 31.5. The molecule has 1 unspecified atom stereocenters. The maximum absolute atomic E-state index is 5.76. The zero-order valence-corrected chi connectivity index (χ0v) is 11.0. The smallest absolute Gasteiger partial charge is 0.0876 e. The van der Waals surface area contributed by atoms with Gasteiger partial charge in [0.05, 0.1) is 12.9 Å². The highest BCUT2D eigenvalue weighted by atomic mass is 16.5. The Morgan fingerprint density at radius 1 is 1.41 bits per heavy atom. The number of hydrogen-bond donors (Lipinski definition) is 2. The summed E-state index contributed by atoms with van der Waals surface area (Å²) in [6.07, 6.45) is 10.9. The number of nitrogens with one attached hydrogen (secondary N) is 1. The fourth-order valence-electron chi connectivity index (χ4n) is 3.29. The van der Waals surface area contributed by atoms with Crippen molar-refractivity contribution in [2.45, 2.75) is 57.9 Å². The van der Waals surface area contributed by atoms with Crippen molar-refractivity contribution in [3.63, 3.8) is 0 Å². The largest absolute Gasteiger partial charge is 0.501 e. The molecule has 1 saturated carbocycles. The molecule has 0 aromatic heterocycles. The van der Waals surface area contributed by atoms with E-state index < -0.39 is 0 Å². The number of rotatable bonds is 4. The van der Waals surface area contributed by atoms with Gasteiger partial charge in [0.2, 0.25) is 0 Å². The van der Waals surface area contributed by atoms with E-state index in [1.807, 2.05) is 6.26 Å². The second-order valence-corrected chi connectivity index (χ2v) is 5.50. The summed E-state index contributed by atoms with van der Waals surface area (Å²) in [7, 11) is 0. The van der Waals surface area contributed by atoms with Crippen molar-refractivity contribution in [1.29, 1.82) is 0 Å². The van der Waals surface area contributed by atoms with Crippen LogP contribution in [0.25, 0.3) is 0 Å². The fraction of sp³-hybridized carbons (Fsp3) is 0.857. The molecule has 0 aromatic carbocycles. The molecule has 0 amide bonds. The van der Waals surface area contributed by atoms with Crippen molar-refractivity contribution in [2.24, 2.45) is 17.7 Å². The standard InChI is InChI=1S/C14H26N2O/c1-2-11-5-7-12(8-6-11)14(16-15)13-4-3-9-17-10-13/h10-12,14,16H,2-9,15H2,1H3. The van der Waals surface area contributed by atoms with Crippen molar-refractivity contribution in [2.75, 3.05) is 6.61 Å². The number of ether oxygens (including phenoxy) is 1. The van der Waals surface area contributed by atoms with E-state index in [4.69, 9.17) is 10.6 Å². The minimum atomic E-state index is 0.341. The predicted molar refractivity (Wildman–Crippen MR) is 70.1 cm³/mol. The quantitative estimate of drug-likeness (QED) is 0.585. The lowest BCUT2D eigenvalue weighted by molar-refractivity contribution is 0.196. The molecule has 0 saturated heterocycles. The van der Waals surface area contributed by atoms with Gasteiger partial charge in [-0.05, 0) is 43.1 Å². The molecule has 3 N–H and O–H groups in total. The Morgan fingerprint density at radius 3 is 2.71 bits per heavy atom. The molecule has 1 heterocycles. The highest BCUT2D eigenvalue weighted by Crippen LogP contribution is 2.35. The Bertz CT molecular complexity index is 257. The van der Waals surface area contributed by atoms with Gasteiger partial charge < -0.3 is 4.74 Å². The van der Waals surface area contributed by atoms with Crippen molar-refractivity contribution < 1.29 is 4.74 Å². The van der Waals surface area contributed by atoms with Crippen LogP contribution in [-0.4, -0.2) is 12.6 Å². The summed E-state index contributed by atoms with van der Waals surface area (Å²) < 4.78 is 5.44. The molecule has 2 aliphatic rings. The van der Waals surface area contributed by atoms with E-state index in [2.05, 4.69) is 12.3 Å². The van der Waals surface area contributed by atoms with E-state index in [-0.39, 0.29) is 0 Å². The molecule has 98 valence electrons. The zero-order valence-electron chi connectivity index (χ0n) is 11.0. The lowest BCUT2D eigenvalue weighted by Gasteiger charge is -2.35. The van der Waals surface area contributed by atoms with Gasteiger partial charge in [0.1, 0.15) is 0 Å². The molecule has 1 aliphatic heterocycles. The van der Waals surface area contributed by atoms with Gasteiger partial charge >= 0.3 is 0 Å². The van der Waals surface area contributed by atoms with Gasteiger partial charge in [0, 0.05) is 6.04 Å². The van der Waals surface area contributed by atoms with Crippen LogP contribution in [-0.2, 0) is 4.74 Å². The molecule has 1 aliphatic carbocycles. The molecule has 3 nitrogen and oxygen atoms in total. The van der Waals surface area contributed by atoms with Gasteiger partial charge in [-0.15, -0.1) is 0 Å². The van der Waals surface area contributed by atoms with E-state index in [1.54, 1.807) is 0 Å². The highest BCUT2D eigenvalue weighted by Gasteiger charge is 2.29. The van der Waals surface area contributed by atoms with Gasteiger partial charge in [-0.2, -0.15) is 0 Å². The van der Waals surface area contributed by atoms with Gasteiger partial charge in [0.15, 0.2) is 0 Å². The van der Waals surface area contributed by atoms with E-state index in [0.29, 0.717) is 12.0 Å². The maximum Gasteiger partial charge on any atom is 0.0876 e. The minimum Gasteiger partial charge on any atom is -0.501 e. The van der Waals surface area contributed by atoms with Crippen molar-refractivity contribution in [3.05, 3.63) is 11.8 Å². The van der Waals surface area contributed by atoms with Crippen molar-refractivity contribution >= 4 is 0 Å². The predicted octanol–water partition coefficient (Wildman–Crippen LogP) is 2.73. The molecule has 0 spiro atoms. The van der Waals surface area contributed by atoms with Crippen LogP contribution in [0.15, 0.2) is 11.8 Å². The summed E-state index contributed by atoms with van der Waals surface area (Å²) in [4.78, 5) is 0. The average Bonchev–Trinajstić information content (AvgIpc) is 2.42. The Morgan fingerprint density at radius 2 is 2.18 bits per heavy atom. The fourth-order valence-corrected chi connectivity index (χ4v) is 3.29. The third-order valence-electron chi connectivity index (χ3n) is 4.48. The first-order chi connectivity index (χ1) is 8.35. The van der Waals surface area contributed by atoms with Crippen LogP contribution in [0.3, 0.4) is 0 Å². The summed E-state index contributed by atoms with van der Waals surface area (Å²) in [5.41, 5.74) is 4.40. The molecule has 17 heavy (non-hydrogen) atoms. The van der Waals surface area contributed by atoms with Crippen LogP contribution in [0.4, 0.5) is 0 Å². The molecular formula is C14H26N2O. The van der Waals surface area contributed by atoms with E-state index in [1.165, 1.54) is 37.7 Å². The van der Waals surface area contributed by atoms with Gasteiger partial charge in [-0.3, -0.25) is 11.3 Å². The highest BCUT2D eigenvalue weighted by molar-refractivity contribution is 5.11. The average molecular weight is 238 g/mol. The van der Waals surface area contributed by atoms with Gasteiger partial charge in [0.25, 0.3) is 0 Å². The molecule has 1 atom stereocenters. The Balaban J connectivity index is 1.92. The van der Waals surface area contributed by atoms with Crippen LogP contribution in [0.5, 0.6) is 0 Å². The summed E-state index contributed by atoms with van der Waals surface area (Å²) in [5.74, 6) is 7.41. The molecule has 0 bridgehead atoms. The summed E-state index contributed by atoms with van der Waals surface area (Å²) in [6, 6.07) is 0.341. The second-order valence-electron chi connectivity index (χ2n) is 5.50. The third-order valence-corrected chi connectivity index (χ3v) is 4.48. The minimum absolute atomic E-state index is 0.341. The number of nitrogens with two attached hydrogens (primary N) is 1. The Hall–Kier alpha value is -0.540. The van der Waals surface area contributed by atoms with Crippen LogP contribution in [0.2, 0.25) is 0 Å². The Labute approximate surface area is 105 Å². The molecule has 3 heteroatoms. The summed E-state index contributed by atoms with van der Waals surface area (Å²) >= 11 is 0. The molecule has 2 rings (SSSR count). The van der Waals surface area contributed by atoms with Gasteiger partial charge in [-0.1, -0.05) is 26.2 Å². The molecule has 1 fully saturated rings. The summed E-state index contributed by atoms with van der Waals surface area (Å²) in [6.45, 7) is 3.17. The SMILES string of the molecule is CCC1CCC(C(NN)C2=COCCC2)CC1. The first-order valence-electron chi connectivity index (χ1n) is 7.11. The first kappa shape index (κ1) is 12.9. The number of hydrogen-bond acceptors (Lipinski definition) is 3. The Kier molecular flexibility index (Phi) is 4.86. The van der Waals surface area contributed by atoms with E-state index >= 15 is 0 Å². The third kappa shape index (κ3) is 3.23. The second kappa shape index (κ2) is 6.41. The number of hydrazine groups is 1. The van der Waals surface area contributed by atoms with Crippen LogP contribution >= 0.6 is 0 Å². The molecule has 0 radical (unpaired) electrons. The monoisotopic (exact) mass is 238 g/mol. The summed E-state index contributed by atoms with van der Waals surface area (Å²) in [5, 5.41) is 0. The topological polar surface area (TPSA) is 47.3 Å². The van der Waals surface area contributed by atoms with Crippen molar-refractivity contribution in [1.82, 2.24) is 5.43 Å². The maximum atomic E-state index is 5.76. The van der Waals surface area contributed by atoms with Crippen LogP contribution in [0, 0.1) is 11.8 Å². The molecular weight excluding hydrogens is 212 g/mol. The van der Waals surface area contributed by atoms with E-state index in [0.717, 1.165) is 25.4 Å². The lowest BCUT2D eigenvalue weighted by Crippen LogP contribution is -2.44. The van der Waals surface area contributed by atoms with Crippen molar-refractivity contribution in [3.8, 4) is 0 Å². The van der Waals surface area contributed by atoms with Crippen LogP contribution < -0.4 is 11.3 Å². The van der Waals surface area contributed by atoms with Gasteiger partial charge in [-0.25, -0.2) is 0 Å².